The fraction of sp³-hybridized carbons (Fsp3) is 0.368. The lowest BCUT2D eigenvalue weighted by atomic mass is 9.89. The van der Waals surface area contributed by atoms with Gasteiger partial charge in [-0.3, -0.25) is 0 Å². The summed E-state index contributed by atoms with van der Waals surface area (Å²) in [5.41, 5.74) is 1.88. The van der Waals surface area contributed by atoms with Gasteiger partial charge in [-0.15, -0.1) is 0 Å². The number of hydrogen-bond acceptors (Lipinski definition) is 3. The molecular weight excluding hydrogens is 369 g/mol. The summed E-state index contributed by atoms with van der Waals surface area (Å²) in [7, 11) is 0. The number of ether oxygens (including phenoxy) is 1. The van der Waals surface area contributed by atoms with E-state index in [0.717, 1.165) is 49.3 Å². The van der Waals surface area contributed by atoms with E-state index in [-0.39, 0.29) is 11.7 Å². The fourth-order valence-corrected chi connectivity index (χ4v) is 3.15. The smallest absolute Gasteiger partial charge is 0.499 e. The van der Waals surface area contributed by atoms with Gasteiger partial charge in [-0.25, -0.2) is 0 Å². The quantitative estimate of drug-likeness (QED) is 0.722. The lowest BCUT2D eigenvalue weighted by Gasteiger charge is -2.34. The highest BCUT2D eigenvalue weighted by Crippen LogP contribution is 2.38. The first-order valence-corrected chi connectivity index (χ1v) is 8.43. The molecule has 1 N–H and O–H groups in total. The number of halogens is 5. The molecule has 0 aliphatic carbocycles. The van der Waals surface area contributed by atoms with E-state index in [1.807, 2.05) is 12.1 Å². The Morgan fingerprint density at radius 1 is 0.852 bits per heavy atom. The van der Waals surface area contributed by atoms with Crippen molar-refractivity contribution in [3.63, 3.8) is 0 Å². The van der Waals surface area contributed by atoms with Crippen LogP contribution < -0.4 is 9.64 Å². The Bertz CT molecular complexity index is 751. The van der Waals surface area contributed by atoms with Gasteiger partial charge in [0.05, 0.1) is 0 Å². The predicted molar refractivity (Wildman–Crippen MR) is 90.4 cm³/mol. The first-order valence-electron chi connectivity index (χ1n) is 8.43. The second kappa shape index (κ2) is 7.25. The number of phenolic OH excluding ortho intramolecular Hbond substituents is 1. The Labute approximate surface area is 153 Å². The van der Waals surface area contributed by atoms with E-state index in [1.165, 1.54) is 12.1 Å². The third-order valence-electron chi connectivity index (χ3n) is 4.64. The zero-order valence-electron chi connectivity index (χ0n) is 14.2. The Morgan fingerprint density at radius 2 is 1.41 bits per heavy atom. The highest BCUT2D eigenvalue weighted by atomic mass is 19.4. The van der Waals surface area contributed by atoms with Crippen molar-refractivity contribution in [2.45, 2.75) is 31.0 Å². The van der Waals surface area contributed by atoms with Crippen molar-refractivity contribution in [2.24, 2.45) is 0 Å². The number of piperidine rings is 1. The second-order valence-electron chi connectivity index (χ2n) is 6.46. The molecule has 0 spiro atoms. The summed E-state index contributed by atoms with van der Waals surface area (Å²) < 4.78 is 66.3. The van der Waals surface area contributed by atoms with E-state index < -0.39 is 18.0 Å². The molecule has 3 nitrogen and oxygen atoms in total. The summed E-state index contributed by atoms with van der Waals surface area (Å²) in [6.45, 7) is 1.56. The highest BCUT2D eigenvalue weighted by molar-refractivity contribution is 5.49. The van der Waals surface area contributed by atoms with Crippen LogP contribution in [0, 0.1) is 0 Å². The molecule has 1 saturated heterocycles. The lowest BCUT2D eigenvalue weighted by Crippen LogP contribution is -2.41. The van der Waals surface area contributed by atoms with Crippen LogP contribution in [0.1, 0.15) is 24.3 Å². The average molecular weight is 387 g/mol. The van der Waals surface area contributed by atoms with Crippen LogP contribution in [0.3, 0.4) is 0 Å². The lowest BCUT2D eigenvalue weighted by molar-refractivity contribution is -0.360. The van der Waals surface area contributed by atoms with E-state index in [1.54, 1.807) is 12.1 Å². The minimum Gasteiger partial charge on any atom is -0.508 e. The maximum absolute atomic E-state index is 12.9. The number of nitrogens with zero attached hydrogens (tertiary/aromatic N) is 1. The summed E-state index contributed by atoms with van der Waals surface area (Å²) in [5, 5.41) is 9.35. The summed E-state index contributed by atoms with van der Waals surface area (Å²) in [5.74, 6) is -0.134. The van der Waals surface area contributed by atoms with Crippen LogP contribution in [-0.2, 0) is 0 Å². The largest absolute Gasteiger partial charge is 0.508 e. The molecule has 3 rings (SSSR count). The molecule has 2 aromatic rings. The van der Waals surface area contributed by atoms with Crippen molar-refractivity contribution in [3.05, 3.63) is 54.1 Å². The minimum absolute atomic E-state index is 0.190. The van der Waals surface area contributed by atoms with Crippen molar-refractivity contribution in [3.8, 4) is 11.5 Å². The molecule has 1 aliphatic heterocycles. The third-order valence-corrected chi connectivity index (χ3v) is 4.64. The van der Waals surface area contributed by atoms with Crippen molar-refractivity contribution in [1.82, 2.24) is 0 Å². The van der Waals surface area contributed by atoms with E-state index in [0.29, 0.717) is 0 Å². The van der Waals surface area contributed by atoms with Gasteiger partial charge in [-0.2, -0.15) is 22.0 Å². The van der Waals surface area contributed by atoms with E-state index >= 15 is 0 Å². The molecule has 146 valence electrons. The maximum atomic E-state index is 12.9. The number of alkyl halides is 5. The minimum atomic E-state index is -5.76. The summed E-state index contributed by atoms with van der Waals surface area (Å²) in [6, 6.07) is 12.3. The molecule has 0 bridgehead atoms. The van der Waals surface area contributed by atoms with Gasteiger partial charge in [0.1, 0.15) is 11.5 Å². The average Bonchev–Trinajstić information content (AvgIpc) is 2.62. The van der Waals surface area contributed by atoms with Crippen LogP contribution in [0.25, 0.3) is 0 Å². The molecule has 0 atom stereocenters. The molecule has 8 heteroatoms. The van der Waals surface area contributed by atoms with Gasteiger partial charge in [-0.05, 0) is 60.7 Å². The monoisotopic (exact) mass is 387 g/mol. The highest BCUT2D eigenvalue weighted by Gasteiger charge is 2.61. The number of hydrogen-bond donors (Lipinski definition) is 1. The van der Waals surface area contributed by atoms with Gasteiger partial charge in [-0.1, -0.05) is 12.1 Å². The number of anilines is 1. The van der Waals surface area contributed by atoms with Crippen LogP contribution in [0.4, 0.5) is 27.6 Å². The number of rotatable bonds is 4. The van der Waals surface area contributed by atoms with Crippen molar-refractivity contribution < 1.29 is 31.8 Å². The van der Waals surface area contributed by atoms with Gasteiger partial charge in [0.25, 0.3) is 0 Å². The van der Waals surface area contributed by atoms with Crippen molar-refractivity contribution in [2.75, 3.05) is 18.0 Å². The predicted octanol–water partition coefficient (Wildman–Crippen LogP) is 5.31. The Balaban J connectivity index is 1.59. The Hall–Kier alpha value is -2.51. The van der Waals surface area contributed by atoms with Crippen LogP contribution >= 0.6 is 0 Å². The molecule has 0 amide bonds. The molecule has 0 aromatic heterocycles. The molecular formula is C19H18F5NO2. The molecule has 0 unspecified atom stereocenters. The van der Waals surface area contributed by atoms with Crippen LogP contribution in [-0.4, -0.2) is 30.5 Å². The first kappa shape index (κ1) is 19.3. The molecule has 1 heterocycles. The molecule has 0 radical (unpaired) electrons. The molecule has 2 aromatic carbocycles. The van der Waals surface area contributed by atoms with Gasteiger partial charge >= 0.3 is 12.3 Å². The number of benzene rings is 2. The zero-order chi connectivity index (χ0) is 19.7. The fourth-order valence-electron chi connectivity index (χ4n) is 3.15. The standard InChI is InChI=1S/C19H18F5NO2/c20-18(21,22)19(23,24)27-17-7-1-13(2-8-17)14-9-11-25(12-10-14)15-3-5-16(26)6-4-15/h1-8,14,26H,9-12H2. The maximum Gasteiger partial charge on any atom is 0.499 e. The third kappa shape index (κ3) is 4.43. The molecule has 27 heavy (non-hydrogen) atoms. The van der Waals surface area contributed by atoms with Gasteiger partial charge in [0, 0.05) is 18.8 Å². The first-order chi connectivity index (χ1) is 12.7. The van der Waals surface area contributed by atoms with E-state index in [4.69, 9.17) is 0 Å². The zero-order valence-corrected chi connectivity index (χ0v) is 14.2. The van der Waals surface area contributed by atoms with Crippen LogP contribution in [0.2, 0.25) is 0 Å². The van der Waals surface area contributed by atoms with Crippen molar-refractivity contribution in [1.29, 1.82) is 0 Å². The van der Waals surface area contributed by atoms with Crippen LogP contribution in [0.5, 0.6) is 11.5 Å². The SMILES string of the molecule is Oc1ccc(N2CCC(c3ccc(OC(F)(F)C(F)(F)F)cc3)CC2)cc1. The Kier molecular flexibility index (Phi) is 5.17. The van der Waals surface area contributed by atoms with Gasteiger partial charge in [0.15, 0.2) is 0 Å². The normalized spacial score (nSPS) is 16.4. The molecule has 1 fully saturated rings. The van der Waals surface area contributed by atoms with Gasteiger partial charge < -0.3 is 14.7 Å². The molecule has 1 aliphatic rings. The summed E-state index contributed by atoms with van der Waals surface area (Å²) in [6.07, 6.45) is -9.34. The van der Waals surface area contributed by atoms with Gasteiger partial charge in [0.2, 0.25) is 0 Å². The van der Waals surface area contributed by atoms with E-state index in [9.17, 15) is 27.1 Å². The number of phenols is 1. The number of aromatic hydroxyl groups is 1. The van der Waals surface area contributed by atoms with E-state index in [2.05, 4.69) is 9.64 Å². The topological polar surface area (TPSA) is 32.7 Å². The second-order valence-corrected chi connectivity index (χ2v) is 6.46. The van der Waals surface area contributed by atoms with Crippen LogP contribution in [0.15, 0.2) is 48.5 Å². The molecule has 0 saturated carbocycles. The summed E-state index contributed by atoms with van der Waals surface area (Å²) >= 11 is 0. The van der Waals surface area contributed by atoms with Crippen molar-refractivity contribution >= 4 is 5.69 Å². The Morgan fingerprint density at radius 3 is 1.93 bits per heavy atom. The summed E-state index contributed by atoms with van der Waals surface area (Å²) in [4.78, 5) is 2.18.